The van der Waals surface area contributed by atoms with Crippen LogP contribution in [0.1, 0.15) is 32.4 Å². The summed E-state index contributed by atoms with van der Waals surface area (Å²) in [5, 5.41) is 8.92. The number of nitrogens with one attached hydrogen (secondary N) is 1. The van der Waals surface area contributed by atoms with Gasteiger partial charge in [-0.25, -0.2) is 4.79 Å². The van der Waals surface area contributed by atoms with E-state index in [0.29, 0.717) is 6.42 Å². The molecule has 19 heavy (non-hydrogen) atoms. The highest BCUT2D eigenvalue weighted by Crippen LogP contribution is 2.18. The number of carbonyl (C=O) groups is 1. The SMILES string of the molecule is CC(Cc1ccc2c(c1)[nH]c(=O)n2C(C)C)C(=O)O. The minimum absolute atomic E-state index is 0.0880. The van der Waals surface area contributed by atoms with Gasteiger partial charge in [0.05, 0.1) is 17.0 Å². The summed E-state index contributed by atoms with van der Waals surface area (Å²) >= 11 is 0. The fourth-order valence-electron chi connectivity index (χ4n) is 2.26. The monoisotopic (exact) mass is 262 g/mol. The summed E-state index contributed by atoms with van der Waals surface area (Å²) in [7, 11) is 0. The topological polar surface area (TPSA) is 75.1 Å². The van der Waals surface area contributed by atoms with E-state index >= 15 is 0 Å². The Hall–Kier alpha value is -2.04. The Balaban J connectivity index is 2.43. The van der Waals surface area contributed by atoms with Crippen LogP contribution >= 0.6 is 0 Å². The quantitative estimate of drug-likeness (QED) is 0.886. The number of carboxylic acid groups (broad SMARTS) is 1. The van der Waals surface area contributed by atoms with Crippen molar-refractivity contribution in [1.82, 2.24) is 9.55 Å². The number of benzene rings is 1. The van der Waals surface area contributed by atoms with Crippen LogP contribution < -0.4 is 5.69 Å². The Morgan fingerprint density at radius 3 is 2.63 bits per heavy atom. The van der Waals surface area contributed by atoms with E-state index in [1.165, 1.54) is 0 Å². The molecule has 0 bridgehead atoms. The fraction of sp³-hybridized carbons (Fsp3) is 0.429. The molecule has 0 amide bonds. The first-order chi connectivity index (χ1) is 8.90. The van der Waals surface area contributed by atoms with Gasteiger partial charge in [0, 0.05) is 6.04 Å². The van der Waals surface area contributed by atoms with E-state index in [9.17, 15) is 9.59 Å². The first-order valence-corrected chi connectivity index (χ1v) is 6.36. The molecule has 5 nitrogen and oxygen atoms in total. The van der Waals surface area contributed by atoms with Gasteiger partial charge in [0.25, 0.3) is 0 Å². The standard InChI is InChI=1S/C14H18N2O3/c1-8(2)16-12-5-4-10(6-9(3)13(17)18)7-11(12)15-14(16)19/h4-5,7-9H,6H2,1-3H3,(H,15,19)(H,17,18). The van der Waals surface area contributed by atoms with Gasteiger partial charge in [-0.15, -0.1) is 0 Å². The van der Waals surface area contributed by atoms with Gasteiger partial charge in [-0.05, 0) is 38.0 Å². The van der Waals surface area contributed by atoms with Crippen molar-refractivity contribution in [3.8, 4) is 0 Å². The van der Waals surface area contributed by atoms with Gasteiger partial charge in [-0.3, -0.25) is 9.36 Å². The average molecular weight is 262 g/mol. The molecule has 0 aliphatic rings. The van der Waals surface area contributed by atoms with Gasteiger partial charge >= 0.3 is 11.7 Å². The maximum atomic E-state index is 11.8. The minimum Gasteiger partial charge on any atom is -0.481 e. The van der Waals surface area contributed by atoms with Gasteiger partial charge < -0.3 is 10.1 Å². The predicted molar refractivity (Wildman–Crippen MR) is 73.4 cm³/mol. The van der Waals surface area contributed by atoms with Gasteiger partial charge in [-0.1, -0.05) is 13.0 Å². The maximum absolute atomic E-state index is 11.8. The third kappa shape index (κ3) is 2.54. The number of carboxylic acids is 1. The second kappa shape index (κ2) is 4.91. The van der Waals surface area contributed by atoms with E-state index in [1.807, 2.05) is 32.0 Å². The molecule has 2 N–H and O–H groups in total. The molecule has 0 radical (unpaired) electrons. The van der Waals surface area contributed by atoms with Gasteiger partial charge in [0.1, 0.15) is 0 Å². The largest absolute Gasteiger partial charge is 0.481 e. The lowest BCUT2D eigenvalue weighted by Crippen LogP contribution is -2.18. The molecule has 1 heterocycles. The molecule has 0 aliphatic heterocycles. The highest BCUT2D eigenvalue weighted by atomic mass is 16.4. The Labute approximate surface area is 110 Å². The second-order valence-electron chi connectivity index (χ2n) is 5.19. The highest BCUT2D eigenvalue weighted by molar-refractivity contribution is 5.76. The van der Waals surface area contributed by atoms with Crippen LogP contribution in [0.15, 0.2) is 23.0 Å². The summed E-state index contributed by atoms with van der Waals surface area (Å²) in [5.41, 5.74) is 2.40. The highest BCUT2D eigenvalue weighted by Gasteiger charge is 2.14. The molecule has 5 heteroatoms. The van der Waals surface area contributed by atoms with Crippen LogP contribution in [-0.4, -0.2) is 20.6 Å². The van der Waals surface area contributed by atoms with E-state index in [4.69, 9.17) is 5.11 Å². The Bertz CT molecular complexity index is 667. The van der Waals surface area contributed by atoms with Crippen molar-refractivity contribution in [2.45, 2.75) is 33.2 Å². The Kier molecular flexibility index (Phi) is 3.46. The molecule has 2 aromatic rings. The number of imidazole rings is 1. The van der Waals surface area contributed by atoms with Crippen LogP contribution in [0.25, 0.3) is 11.0 Å². The van der Waals surface area contributed by atoms with Crippen molar-refractivity contribution in [2.24, 2.45) is 5.92 Å². The summed E-state index contributed by atoms with van der Waals surface area (Å²) < 4.78 is 1.69. The molecule has 0 spiro atoms. The number of fused-ring (bicyclic) bond motifs is 1. The summed E-state index contributed by atoms with van der Waals surface area (Å²) in [6.45, 7) is 5.58. The summed E-state index contributed by atoms with van der Waals surface area (Å²) in [5.74, 6) is -1.25. The van der Waals surface area contributed by atoms with Crippen molar-refractivity contribution in [1.29, 1.82) is 0 Å². The summed E-state index contributed by atoms with van der Waals surface area (Å²) in [4.78, 5) is 25.5. The Morgan fingerprint density at radius 2 is 2.05 bits per heavy atom. The molecule has 2 rings (SSSR count). The molecule has 102 valence electrons. The van der Waals surface area contributed by atoms with E-state index in [0.717, 1.165) is 16.6 Å². The number of hydrogen-bond acceptors (Lipinski definition) is 2. The summed E-state index contributed by atoms with van der Waals surface area (Å²) in [6, 6.07) is 5.70. The first-order valence-electron chi connectivity index (χ1n) is 6.36. The van der Waals surface area contributed by atoms with Crippen LogP contribution in [-0.2, 0) is 11.2 Å². The number of rotatable bonds is 4. The maximum Gasteiger partial charge on any atom is 0.326 e. The molecule has 0 aliphatic carbocycles. The molecule has 0 saturated carbocycles. The van der Waals surface area contributed by atoms with Crippen LogP contribution in [0.4, 0.5) is 0 Å². The number of H-pyrrole nitrogens is 1. The zero-order valence-corrected chi connectivity index (χ0v) is 11.3. The number of nitrogens with zero attached hydrogens (tertiary/aromatic N) is 1. The molecule has 0 fully saturated rings. The number of aliphatic carboxylic acids is 1. The van der Waals surface area contributed by atoms with Crippen molar-refractivity contribution in [2.75, 3.05) is 0 Å². The third-order valence-electron chi connectivity index (χ3n) is 3.26. The number of aromatic amines is 1. The predicted octanol–water partition coefficient (Wildman–Crippen LogP) is 2.17. The number of aromatic nitrogens is 2. The zero-order chi connectivity index (χ0) is 14.2. The van der Waals surface area contributed by atoms with Crippen LogP contribution in [0.2, 0.25) is 0 Å². The Morgan fingerprint density at radius 1 is 1.37 bits per heavy atom. The normalized spacial score (nSPS) is 13.1. The van der Waals surface area contributed by atoms with Crippen molar-refractivity contribution in [3.05, 3.63) is 34.2 Å². The third-order valence-corrected chi connectivity index (χ3v) is 3.26. The van der Waals surface area contributed by atoms with Gasteiger partial charge in [0.15, 0.2) is 0 Å². The number of hydrogen-bond donors (Lipinski definition) is 2. The lowest BCUT2D eigenvalue weighted by atomic mass is 10.0. The lowest BCUT2D eigenvalue weighted by Gasteiger charge is -2.08. The fourth-order valence-corrected chi connectivity index (χ4v) is 2.26. The summed E-state index contributed by atoms with van der Waals surface area (Å²) in [6.07, 6.45) is 0.458. The van der Waals surface area contributed by atoms with Crippen molar-refractivity contribution >= 4 is 17.0 Å². The minimum atomic E-state index is -0.812. The molecule has 1 aromatic carbocycles. The van der Waals surface area contributed by atoms with E-state index in [2.05, 4.69) is 4.98 Å². The van der Waals surface area contributed by atoms with E-state index < -0.39 is 11.9 Å². The molecular weight excluding hydrogens is 244 g/mol. The van der Waals surface area contributed by atoms with Gasteiger partial charge in [-0.2, -0.15) is 0 Å². The van der Waals surface area contributed by atoms with Crippen molar-refractivity contribution < 1.29 is 9.90 Å². The molecule has 1 unspecified atom stereocenters. The second-order valence-corrected chi connectivity index (χ2v) is 5.19. The van der Waals surface area contributed by atoms with Crippen LogP contribution in [0.3, 0.4) is 0 Å². The molecular formula is C14H18N2O3. The van der Waals surface area contributed by atoms with E-state index in [-0.39, 0.29) is 11.7 Å². The molecule has 1 atom stereocenters. The van der Waals surface area contributed by atoms with E-state index in [1.54, 1.807) is 11.5 Å². The average Bonchev–Trinajstić information content (AvgIpc) is 2.63. The smallest absolute Gasteiger partial charge is 0.326 e. The van der Waals surface area contributed by atoms with Crippen molar-refractivity contribution in [3.63, 3.8) is 0 Å². The first kappa shape index (κ1) is 13.4. The van der Waals surface area contributed by atoms with Gasteiger partial charge in [0.2, 0.25) is 0 Å². The van der Waals surface area contributed by atoms with Crippen LogP contribution in [0, 0.1) is 5.92 Å². The van der Waals surface area contributed by atoms with Crippen LogP contribution in [0.5, 0.6) is 0 Å². The lowest BCUT2D eigenvalue weighted by molar-refractivity contribution is -0.141. The zero-order valence-electron chi connectivity index (χ0n) is 11.3. The molecule has 1 aromatic heterocycles. The molecule has 0 saturated heterocycles.